The number of unbranched alkanes of at least 4 members (excludes halogenated alkanes) is 39. The predicted octanol–water partition coefficient (Wildman–Crippen LogP) is 20.3. The van der Waals surface area contributed by atoms with Crippen molar-refractivity contribution in [2.45, 2.75) is 297 Å². The third kappa shape index (κ3) is 35.7. The number of halogens is 2. The molecule has 0 atom stereocenters. The lowest BCUT2D eigenvalue weighted by molar-refractivity contribution is 0.224. The molecule has 0 saturated heterocycles. The second-order valence-electron chi connectivity index (χ2n) is 19.7. The Morgan fingerprint density at radius 2 is 0.597 bits per heavy atom. The molecule has 0 amide bonds. The molecule has 388 valence electrons. The molecule has 0 unspecified atom stereocenters. The van der Waals surface area contributed by atoms with Gasteiger partial charge in [-0.3, -0.25) is 0 Å². The van der Waals surface area contributed by atoms with Gasteiger partial charge in [0, 0.05) is 5.56 Å². The lowest BCUT2D eigenvalue weighted by atomic mass is 10.0. The summed E-state index contributed by atoms with van der Waals surface area (Å²) in [6, 6.07) is 4.10. The number of ether oxygens (including phenoxy) is 4. The van der Waals surface area contributed by atoms with Crippen LogP contribution in [-0.2, 0) is 6.61 Å². The van der Waals surface area contributed by atoms with Gasteiger partial charge < -0.3 is 18.9 Å². The average Bonchev–Trinajstić information content (AvgIpc) is 3.32. The summed E-state index contributed by atoms with van der Waals surface area (Å²) in [6.07, 6.45) is 55.7. The molecule has 1 aromatic carbocycles. The molecule has 2 aromatic rings. The van der Waals surface area contributed by atoms with Crippen LogP contribution in [0.1, 0.15) is 296 Å². The highest BCUT2D eigenvalue weighted by molar-refractivity contribution is 6.31. The van der Waals surface area contributed by atoms with Crippen molar-refractivity contribution in [3.8, 4) is 23.3 Å². The Labute approximate surface area is 423 Å². The molecule has 0 spiro atoms. The maximum absolute atomic E-state index is 6.67. The van der Waals surface area contributed by atoms with Crippen molar-refractivity contribution in [3.63, 3.8) is 0 Å². The number of hydrogen-bond donors (Lipinski definition) is 0. The van der Waals surface area contributed by atoms with Crippen molar-refractivity contribution in [2.24, 2.45) is 0 Å². The van der Waals surface area contributed by atoms with Crippen LogP contribution in [0.15, 0.2) is 12.1 Å². The maximum Gasteiger partial charge on any atom is 0.322 e. The number of aromatic nitrogens is 3. The highest BCUT2D eigenvalue weighted by Gasteiger charge is 2.20. The van der Waals surface area contributed by atoms with Gasteiger partial charge >= 0.3 is 6.01 Å². The highest BCUT2D eigenvalue weighted by atomic mass is 35.5. The van der Waals surface area contributed by atoms with Gasteiger partial charge in [0.2, 0.25) is 16.3 Å². The molecule has 9 heteroatoms. The topological polar surface area (TPSA) is 75.6 Å². The quantitative estimate of drug-likeness (QED) is 0.0611. The third-order valence-corrected chi connectivity index (χ3v) is 13.7. The van der Waals surface area contributed by atoms with Crippen molar-refractivity contribution in [2.75, 3.05) is 19.8 Å². The summed E-state index contributed by atoms with van der Waals surface area (Å²) >= 11 is 12.2. The van der Waals surface area contributed by atoms with Gasteiger partial charge in [0.15, 0.2) is 11.5 Å². The van der Waals surface area contributed by atoms with Gasteiger partial charge in [-0.05, 0) is 54.6 Å². The average molecular weight is 977 g/mol. The molecule has 0 bridgehead atoms. The molecule has 2 rings (SSSR count). The van der Waals surface area contributed by atoms with Gasteiger partial charge in [0.25, 0.3) is 0 Å². The van der Waals surface area contributed by atoms with E-state index >= 15 is 0 Å². The van der Waals surface area contributed by atoms with Crippen LogP contribution in [0.4, 0.5) is 0 Å². The summed E-state index contributed by atoms with van der Waals surface area (Å²) in [6.45, 7) is 8.92. The molecule has 0 saturated carbocycles. The van der Waals surface area contributed by atoms with E-state index < -0.39 is 0 Å². The number of rotatable bonds is 51. The van der Waals surface area contributed by atoms with E-state index in [4.69, 9.17) is 42.1 Å². The predicted molar refractivity (Wildman–Crippen MR) is 288 cm³/mol. The van der Waals surface area contributed by atoms with E-state index in [1.165, 1.54) is 238 Å². The number of benzene rings is 1. The van der Waals surface area contributed by atoms with E-state index in [-0.39, 0.29) is 23.2 Å². The fourth-order valence-electron chi connectivity index (χ4n) is 9.04. The van der Waals surface area contributed by atoms with Crippen molar-refractivity contribution in [3.05, 3.63) is 28.3 Å². The zero-order valence-corrected chi connectivity index (χ0v) is 45.4. The van der Waals surface area contributed by atoms with Crippen molar-refractivity contribution < 1.29 is 18.9 Å². The highest BCUT2D eigenvalue weighted by Crippen LogP contribution is 2.41. The maximum atomic E-state index is 6.67. The van der Waals surface area contributed by atoms with Gasteiger partial charge in [0.1, 0.15) is 6.61 Å². The first-order chi connectivity index (χ1) is 33.1. The van der Waals surface area contributed by atoms with Gasteiger partial charge in [-0.15, -0.1) is 0 Å². The summed E-state index contributed by atoms with van der Waals surface area (Å²) < 4.78 is 25.9. The first kappa shape index (κ1) is 61.1. The van der Waals surface area contributed by atoms with Crippen LogP contribution in [0.2, 0.25) is 10.6 Å². The monoisotopic (exact) mass is 976 g/mol. The smallest absolute Gasteiger partial charge is 0.322 e. The summed E-state index contributed by atoms with van der Waals surface area (Å²) in [5, 5.41) is -0.0116. The van der Waals surface area contributed by atoms with Crippen LogP contribution in [0, 0.1) is 0 Å². The molecule has 1 heterocycles. The van der Waals surface area contributed by atoms with Crippen LogP contribution in [0.3, 0.4) is 0 Å². The lowest BCUT2D eigenvalue weighted by Crippen LogP contribution is -2.10. The lowest BCUT2D eigenvalue weighted by Gasteiger charge is -2.20. The van der Waals surface area contributed by atoms with Gasteiger partial charge in [-0.2, -0.15) is 15.0 Å². The second kappa shape index (κ2) is 46.4. The standard InChI is InChI=1S/C58H103Cl2N3O4/c1-4-7-10-13-16-19-22-25-28-31-34-37-40-43-48-64-53-47-46-52(51-67-58-62-56(59)61-57(60)63-58)54(65-49-44-41-38-35-32-29-26-23-20-17-14-11-8-5-2)55(53)66-50-45-42-39-36-33-30-27-24-21-18-15-12-9-6-3/h46-47H,4-45,48-51H2,1-3H3. The Balaban J connectivity index is 1.94. The molecule has 0 radical (unpaired) electrons. The SMILES string of the molecule is CCCCCCCCCCCCCCCCOc1ccc(COc2nc(Cl)nc(Cl)n2)c(OCCCCCCCCCCCCCCCC)c1OCCCCCCCCCCCCCCCC. The molecule has 0 N–H and O–H groups in total. The minimum absolute atomic E-state index is 0.00582. The van der Waals surface area contributed by atoms with E-state index in [0.29, 0.717) is 31.3 Å². The van der Waals surface area contributed by atoms with E-state index in [1.54, 1.807) is 0 Å². The van der Waals surface area contributed by atoms with E-state index in [9.17, 15) is 0 Å². The fraction of sp³-hybridized carbons (Fsp3) is 0.845. The normalized spacial score (nSPS) is 11.4. The van der Waals surface area contributed by atoms with E-state index in [1.807, 2.05) is 12.1 Å². The van der Waals surface area contributed by atoms with Crippen LogP contribution in [-0.4, -0.2) is 34.8 Å². The van der Waals surface area contributed by atoms with Crippen LogP contribution in [0.25, 0.3) is 0 Å². The Morgan fingerprint density at radius 3 is 0.925 bits per heavy atom. The Bertz CT molecular complexity index is 1360. The van der Waals surface area contributed by atoms with Crippen LogP contribution >= 0.6 is 23.2 Å². The number of nitrogens with zero attached hydrogens (tertiary/aromatic N) is 3. The first-order valence-electron chi connectivity index (χ1n) is 28.8. The summed E-state index contributed by atoms with van der Waals surface area (Å²) in [4.78, 5) is 12.1. The molecule has 1 aromatic heterocycles. The van der Waals surface area contributed by atoms with Gasteiger partial charge in [-0.25, -0.2) is 0 Å². The Morgan fingerprint density at radius 1 is 0.313 bits per heavy atom. The zero-order chi connectivity index (χ0) is 47.9. The minimum Gasteiger partial charge on any atom is -0.490 e. The van der Waals surface area contributed by atoms with Crippen LogP contribution < -0.4 is 18.9 Å². The van der Waals surface area contributed by atoms with Crippen LogP contribution in [0.5, 0.6) is 23.3 Å². The summed E-state index contributed by atoms with van der Waals surface area (Å²) in [5.41, 5.74) is 0.845. The minimum atomic E-state index is -0.00582. The molecule has 0 fully saturated rings. The van der Waals surface area contributed by atoms with Gasteiger partial charge in [-0.1, -0.05) is 271 Å². The summed E-state index contributed by atoms with van der Waals surface area (Å²) in [7, 11) is 0. The van der Waals surface area contributed by atoms with Crippen molar-refractivity contribution in [1.29, 1.82) is 0 Å². The molecule has 0 aliphatic carbocycles. The Hall–Kier alpha value is -1.99. The second-order valence-corrected chi connectivity index (χ2v) is 20.3. The third-order valence-electron chi connectivity index (χ3n) is 13.3. The molecular weight excluding hydrogens is 874 g/mol. The van der Waals surface area contributed by atoms with E-state index in [0.717, 1.165) is 43.4 Å². The molecule has 0 aliphatic heterocycles. The summed E-state index contributed by atoms with van der Waals surface area (Å²) in [5.74, 6) is 2.11. The molecule has 7 nitrogen and oxygen atoms in total. The van der Waals surface area contributed by atoms with Crippen molar-refractivity contribution in [1.82, 2.24) is 15.0 Å². The van der Waals surface area contributed by atoms with Gasteiger partial charge in [0.05, 0.1) is 19.8 Å². The zero-order valence-electron chi connectivity index (χ0n) is 43.9. The van der Waals surface area contributed by atoms with Crippen molar-refractivity contribution >= 4 is 23.2 Å². The Kier molecular flexibility index (Phi) is 42.3. The largest absolute Gasteiger partial charge is 0.490 e. The fourth-order valence-corrected chi connectivity index (χ4v) is 9.39. The van der Waals surface area contributed by atoms with E-state index in [2.05, 4.69) is 35.7 Å². The molecular formula is C58H103Cl2N3O4. The first-order valence-corrected chi connectivity index (χ1v) is 29.6. The number of hydrogen-bond acceptors (Lipinski definition) is 7. The molecule has 67 heavy (non-hydrogen) atoms. The molecule has 0 aliphatic rings.